The standard InChI is InChI=1S/C25H27F3N8/c1-13(33-15-8-19(30-11-15)24(2,3)4)34-18-6-5-14(7-17(18)26)21-20-22(29)31-12-32-23(20)36(35-21)16-9-25(27,28)10-16/h5-8,12,16,33-34H,1,9-11H2,2-4H3,(H2,29,31,32). The average Bonchev–Trinajstić information content (AvgIpc) is 3.39. The van der Waals surface area contributed by atoms with Crippen LogP contribution in [0.25, 0.3) is 22.3 Å². The van der Waals surface area contributed by atoms with Gasteiger partial charge < -0.3 is 16.4 Å². The first-order valence-electron chi connectivity index (χ1n) is 11.6. The average molecular weight is 497 g/mol. The summed E-state index contributed by atoms with van der Waals surface area (Å²) < 4.78 is 43.6. The first kappa shape index (κ1) is 23.8. The van der Waals surface area contributed by atoms with Crippen LogP contribution >= 0.6 is 0 Å². The predicted molar refractivity (Wildman–Crippen MR) is 134 cm³/mol. The lowest BCUT2D eigenvalue weighted by Crippen LogP contribution is -2.37. The zero-order chi connectivity index (χ0) is 25.8. The molecule has 0 amide bonds. The van der Waals surface area contributed by atoms with Crippen LogP contribution in [0.1, 0.15) is 39.7 Å². The Hall–Kier alpha value is -3.89. The molecule has 0 bridgehead atoms. The molecule has 8 nitrogen and oxygen atoms in total. The van der Waals surface area contributed by atoms with Crippen LogP contribution in [0, 0.1) is 11.2 Å². The van der Waals surface area contributed by atoms with Crippen molar-refractivity contribution in [2.75, 3.05) is 17.6 Å². The highest BCUT2D eigenvalue weighted by Gasteiger charge is 2.47. The van der Waals surface area contributed by atoms with Crippen LogP contribution in [0.5, 0.6) is 0 Å². The first-order valence-corrected chi connectivity index (χ1v) is 11.6. The van der Waals surface area contributed by atoms with Gasteiger partial charge in [0.2, 0.25) is 0 Å². The van der Waals surface area contributed by atoms with Gasteiger partial charge in [0.15, 0.2) is 5.65 Å². The van der Waals surface area contributed by atoms with E-state index < -0.39 is 17.8 Å². The minimum atomic E-state index is -2.73. The second kappa shape index (κ2) is 8.35. The Labute approximate surface area is 206 Å². The van der Waals surface area contributed by atoms with Crippen molar-refractivity contribution in [2.45, 2.75) is 45.6 Å². The molecular formula is C25H27F3N8. The molecule has 1 saturated carbocycles. The van der Waals surface area contributed by atoms with Crippen molar-refractivity contribution >= 4 is 28.3 Å². The summed E-state index contributed by atoms with van der Waals surface area (Å²) in [5.74, 6) is -2.73. The van der Waals surface area contributed by atoms with Gasteiger partial charge in [0.25, 0.3) is 5.92 Å². The number of halogens is 3. The van der Waals surface area contributed by atoms with Crippen molar-refractivity contribution in [2.24, 2.45) is 10.4 Å². The van der Waals surface area contributed by atoms with Gasteiger partial charge in [-0.2, -0.15) is 5.10 Å². The number of hydrogen-bond donors (Lipinski definition) is 3. The number of alkyl halides is 2. The number of allylic oxidation sites excluding steroid dienone is 1. The van der Waals surface area contributed by atoms with Gasteiger partial charge in [0, 0.05) is 35.2 Å². The van der Waals surface area contributed by atoms with Crippen molar-refractivity contribution in [3.8, 4) is 11.3 Å². The molecule has 5 rings (SSSR count). The summed E-state index contributed by atoms with van der Waals surface area (Å²) in [5.41, 5.74) is 9.17. The first-order chi connectivity index (χ1) is 16.9. The van der Waals surface area contributed by atoms with Crippen LogP contribution in [0.4, 0.5) is 24.7 Å². The summed E-state index contributed by atoms with van der Waals surface area (Å²) in [6.45, 7) is 10.7. The maximum Gasteiger partial charge on any atom is 0.252 e. The molecule has 188 valence electrons. The summed E-state index contributed by atoms with van der Waals surface area (Å²) in [5, 5.41) is 11.0. The van der Waals surface area contributed by atoms with Gasteiger partial charge in [-0.05, 0) is 18.2 Å². The van der Waals surface area contributed by atoms with Crippen molar-refractivity contribution in [1.29, 1.82) is 0 Å². The van der Waals surface area contributed by atoms with E-state index in [0.717, 1.165) is 11.4 Å². The van der Waals surface area contributed by atoms with Crippen LogP contribution in [0.15, 0.2) is 53.7 Å². The number of hydrogen-bond acceptors (Lipinski definition) is 7. The van der Waals surface area contributed by atoms with E-state index in [2.05, 4.69) is 58.0 Å². The van der Waals surface area contributed by atoms with Gasteiger partial charge in [-0.25, -0.2) is 27.8 Å². The van der Waals surface area contributed by atoms with E-state index in [0.29, 0.717) is 34.7 Å². The monoisotopic (exact) mass is 496 g/mol. The van der Waals surface area contributed by atoms with E-state index >= 15 is 4.39 Å². The molecular weight excluding hydrogens is 469 g/mol. The Kier molecular flexibility index (Phi) is 5.53. The van der Waals surface area contributed by atoms with Crippen LogP contribution in [0.2, 0.25) is 0 Å². The number of nitrogens with zero attached hydrogens (tertiary/aromatic N) is 5. The lowest BCUT2D eigenvalue weighted by atomic mass is 9.88. The van der Waals surface area contributed by atoms with E-state index in [9.17, 15) is 8.78 Å². The van der Waals surface area contributed by atoms with E-state index in [1.807, 2.05) is 6.08 Å². The molecule has 36 heavy (non-hydrogen) atoms. The summed E-state index contributed by atoms with van der Waals surface area (Å²) in [6.07, 6.45) is 2.56. The number of nitrogen functional groups attached to an aromatic ring is 1. The number of fused-ring (bicyclic) bond motifs is 1. The summed E-state index contributed by atoms with van der Waals surface area (Å²) >= 11 is 0. The maximum absolute atomic E-state index is 15.1. The molecule has 3 heterocycles. The lowest BCUT2D eigenvalue weighted by molar-refractivity contribution is -0.105. The third-order valence-electron chi connectivity index (χ3n) is 6.27. The van der Waals surface area contributed by atoms with Crippen LogP contribution in [-0.2, 0) is 0 Å². The highest BCUT2D eigenvalue weighted by atomic mass is 19.3. The normalized spacial score (nSPS) is 17.5. The van der Waals surface area contributed by atoms with Crippen molar-refractivity contribution < 1.29 is 13.2 Å². The molecule has 1 aliphatic carbocycles. The van der Waals surface area contributed by atoms with Gasteiger partial charge in [0.1, 0.15) is 29.5 Å². The fraction of sp³-hybridized carbons (Fsp3) is 0.360. The van der Waals surface area contributed by atoms with Crippen molar-refractivity contribution in [3.63, 3.8) is 0 Å². The summed E-state index contributed by atoms with van der Waals surface area (Å²) in [6, 6.07) is 4.01. The second-order valence-electron chi connectivity index (χ2n) is 10.2. The number of rotatable bonds is 6. The third kappa shape index (κ3) is 4.40. The minimum absolute atomic E-state index is 0.0643. The molecule has 0 saturated heterocycles. The predicted octanol–water partition coefficient (Wildman–Crippen LogP) is 5.04. The van der Waals surface area contributed by atoms with Gasteiger partial charge >= 0.3 is 0 Å². The van der Waals surface area contributed by atoms with E-state index in [1.165, 1.54) is 17.1 Å². The van der Waals surface area contributed by atoms with Crippen molar-refractivity contribution in [3.05, 3.63) is 54.5 Å². The van der Waals surface area contributed by atoms with Gasteiger partial charge in [-0.15, -0.1) is 0 Å². The molecule has 0 radical (unpaired) electrons. The Morgan fingerprint density at radius 3 is 2.58 bits per heavy atom. The Morgan fingerprint density at radius 2 is 1.94 bits per heavy atom. The number of nitrogens with one attached hydrogen (secondary N) is 2. The zero-order valence-corrected chi connectivity index (χ0v) is 20.2. The molecule has 3 aromatic rings. The summed E-state index contributed by atoms with van der Waals surface area (Å²) in [7, 11) is 0. The van der Waals surface area contributed by atoms with Crippen LogP contribution < -0.4 is 16.4 Å². The smallest absolute Gasteiger partial charge is 0.252 e. The Bertz CT molecular complexity index is 1420. The molecule has 11 heteroatoms. The largest absolute Gasteiger partial charge is 0.383 e. The Balaban J connectivity index is 1.37. The number of anilines is 2. The van der Waals surface area contributed by atoms with E-state index in [1.54, 1.807) is 12.1 Å². The second-order valence-corrected chi connectivity index (χ2v) is 10.2. The molecule has 2 aromatic heterocycles. The highest BCUT2D eigenvalue weighted by molar-refractivity contribution is 6.01. The molecule has 0 unspecified atom stereocenters. The molecule has 4 N–H and O–H groups in total. The Morgan fingerprint density at radius 1 is 1.19 bits per heavy atom. The van der Waals surface area contributed by atoms with Crippen LogP contribution in [-0.4, -0.2) is 37.9 Å². The zero-order valence-electron chi connectivity index (χ0n) is 20.2. The summed E-state index contributed by atoms with van der Waals surface area (Å²) in [4.78, 5) is 12.7. The molecule has 1 aromatic carbocycles. The van der Waals surface area contributed by atoms with Crippen LogP contribution in [0.3, 0.4) is 0 Å². The fourth-order valence-electron chi connectivity index (χ4n) is 4.36. The van der Waals surface area contributed by atoms with E-state index in [4.69, 9.17) is 5.73 Å². The SMILES string of the molecule is C=C(NC1=CC(C(C)(C)C)=NC1)Nc1ccc(-c2nn(C3CC(F)(F)C3)c3ncnc(N)c23)cc1F. The maximum atomic E-state index is 15.1. The number of nitrogens with two attached hydrogens (primary N) is 1. The lowest BCUT2D eigenvalue weighted by Gasteiger charge is -2.34. The quantitative estimate of drug-likeness (QED) is 0.441. The van der Waals surface area contributed by atoms with Crippen molar-refractivity contribution in [1.82, 2.24) is 25.1 Å². The van der Waals surface area contributed by atoms with Gasteiger partial charge in [-0.3, -0.25) is 4.99 Å². The molecule has 1 aliphatic heterocycles. The molecule has 1 fully saturated rings. The number of aromatic nitrogens is 4. The van der Waals surface area contributed by atoms with Gasteiger partial charge in [-0.1, -0.05) is 33.4 Å². The third-order valence-corrected chi connectivity index (χ3v) is 6.27. The molecule has 2 aliphatic rings. The minimum Gasteiger partial charge on any atom is -0.383 e. The highest BCUT2D eigenvalue weighted by Crippen LogP contribution is 2.47. The fourth-order valence-corrected chi connectivity index (χ4v) is 4.36. The molecule has 0 atom stereocenters. The van der Waals surface area contributed by atoms with Gasteiger partial charge in [0.05, 0.1) is 23.7 Å². The topological polar surface area (TPSA) is 106 Å². The number of benzene rings is 1. The molecule has 0 spiro atoms. The number of aliphatic imine (C=N–C) groups is 1. The van der Waals surface area contributed by atoms with E-state index in [-0.39, 0.29) is 29.8 Å².